The first-order valence-electron chi connectivity index (χ1n) is 6.43. The molecule has 2 heterocycles. The van der Waals surface area contributed by atoms with Crippen molar-refractivity contribution in [2.45, 2.75) is 13.0 Å². The van der Waals surface area contributed by atoms with Crippen molar-refractivity contribution in [3.05, 3.63) is 58.2 Å². The first kappa shape index (κ1) is 12.9. The highest BCUT2D eigenvalue weighted by molar-refractivity contribution is 6.31. The zero-order valence-electron chi connectivity index (χ0n) is 10.8. The number of fused-ring (bicyclic) bond motifs is 1. The van der Waals surface area contributed by atoms with E-state index < -0.39 is 0 Å². The number of hydrogen-bond donors (Lipinski definition) is 1. The van der Waals surface area contributed by atoms with Crippen LogP contribution in [0.15, 0.2) is 36.4 Å². The Morgan fingerprint density at radius 2 is 2.05 bits per heavy atom. The average molecular weight is 288 g/mol. The number of nitrogen functional groups attached to an aromatic ring is 1. The predicted octanol–water partition coefficient (Wildman–Crippen LogP) is 2.52. The van der Waals surface area contributed by atoms with Crippen molar-refractivity contribution in [2.75, 3.05) is 12.3 Å². The van der Waals surface area contributed by atoms with Crippen LogP contribution in [0.3, 0.4) is 0 Å². The molecule has 0 radical (unpaired) electrons. The lowest BCUT2D eigenvalue weighted by atomic mass is 9.99. The number of nitrogens with two attached hydrogens (primary N) is 1. The van der Waals surface area contributed by atoms with E-state index in [2.05, 4.69) is 4.98 Å². The first-order chi connectivity index (χ1) is 9.65. The number of carbonyl (C=O) groups excluding carboxylic acids is 1. The maximum atomic E-state index is 12.4. The average Bonchev–Trinajstić information content (AvgIpc) is 2.46. The number of rotatable bonds is 2. The Balaban J connectivity index is 1.86. The van der Waals surface area contributed by atoms with Gasteiger partial charge in [0, 0.05) is 12.1 Å². The van der Waals surface area contributed by atoms with Crippen molar-refractivity contribution in [3.63, 3.8) is 0 Å². The van der Waals surface area contributed by atoms with Gasteiger partial charge in [0.25, 0.3) is 5.91 Å². The number of nitrogens with zero attached hydrogens (tertiary/aromatic N) is 2. The summed E-state index contributed by atoms with van der Waals surface area (Å²) in [7, 11) is 0. The standard InChI is InChI=1S/C15H14ClN3O/c16-12-5-6-14(17)18-13(12)9-19-8-7-10-3-1-2-4-11(10)15(19)20/h1-6H,7-9H2,(H2,17,18). The second kappa shape index (κ2) is 5.13. The molecule has 1 aliphatic rings. The Morgan fingerprint density at radius 3 is 2.90 bits per heavy atom. The lowest BCUT2D eigenvalue weighted by Crippen LogP contribution is -2.37. The maximum Gasteiger partial charge on any atom is 0.254 e. The Morgan fingerprint density at radius 1 is 1.25 bits per heavy atom. The molecule has 0 bridgehead atoms. The van der Waals surface area contributed by atoms with Crippen LogP contribution in [0.1, 0.15) is 21.6 Å². The summed E-state index contributed by atoms with van der Waals surface area (Å²) in [5, 5.41) is 0.533. The third-order valence-corrected chi connectivity index (χ3v) is 3.81. The van der Waals surface area contributed by atoms with Crippen LogP contribution in [0.25, 0.3) is 0 Å². The molecule has 1 aliphatic heterocycles. The van der Waals surface area contributed by atoms with E-state index in [1.54, 1.807) is 17.0 Å². The van der Waals surface area contributed by atoms with Gasteiger partial charge in [0.1, 0.15) is 5.82 Å². The van der Waals surface area contributed by atoms with Crippen molar-refractivity contribution < 1.29 is 4.79 Å². The summed E-state index contributed by atoms with van der Waals surface area (Å²) in [6.45, 7) is 1.06. The summed E-state index contributed by atoms with van der Waals surface area (Å²) < 4.78 is 0. The Kier molecular flexibility index (Phi) is 3.32. The second-order valence-corrected chi connectivity index (χ2v) is 5.21. The number of hydrogen-bond acceptors (Lipinski definition) is 3. The largest absolute Gasteiger partial charge is 0.384 e. The monoisotopic (exact) mass is 287 g/mol. The molecule has 1 aromatic heterocycles. The van der Waals surface area contributed by atoms with Gasteiger partial charge < -0.3 is 10.6 Å². The highest BCUT2D eigenvalue weighted by Gasteiger charge is 2.24. The number of pyridine rings is 1. The van der Waals surface area contributed by atoms with E-state index in [0.29, 0.717) is 29.6 Å². The van der Waals surface area contributed by atoms with Crippen LogP contribution >= 0.6 is 11.6 Å². The molecular formula is C15H14ClN3O. The van der Waals surface area contributed by atoms with Crippen LogP contribution in [0.2, 0.25) is 5.02 Å². The fourth-order valence-corrected chi connectivity index (χ4v) is 2.58. The lowest BCUT2D eigenvalue weighted by Gasteiger charge is -2.28. The van der Waals surface area contributed by atoms with Gasteiger partial charge in [0.2, 0.25) is 0 Å². The zero-order valence-corrected chi connectivity index (χ0v) is 11.6. The fraction of sp³-hybridized carbons (Fsp3) is 0.200. The Bertz CT molecular complexity index is 672. The molecular weight excluding hydrogens is 274 g/mol. The number of halogens is 1. The second-order valence-electron chi connectivity index (χ2n) is 4.80. The van der Waals surface area contributed by atoms with E-state index >= 15 is 0 Å². The fourth-order valence-electron chi connectivity index (χ4n) is 2.42. The third kappa shape index (κ3) is 2.34. The number of benzene rings is 1. The number of amides is 1. The van der Waals surface area contributed by atoms with Gasteiger partial charge in [-0.25, -0.2) is 4.98 Å². The molecule has 0 aliphatic carbocycles. The molecule has 2 N–H and O–H groups in total. The number of anilines is 1. The normalized spacial score (nSPS) is 14.2. The maximum absolute atomic E-state index is 12.4. The third-order valence-electron chi connectivity index (χ3n) is 3.47. The van der Waals surface area contributed by atoms with Crippen LogP contribution in [0.4, 0.5) is 5.82 Å². The van der Waals surface area contributed by atoms with Gasteiger partial charge in [0.05, 0.1) is 17.3 Å². The number of carbonyl (C=O) groups is 1. The Hall–Kier alpha value is -2.07. The van der Waals surface area contributed by atoms with Gasteiger partial charge in [-0.3, -0.25) is 4.79 Å². The topological polar surface area (TPSA) is 59.2 Å². The molecule has 0 fully saturated rings. The van der Waals surface area contributed by atoms with Crippen molar-refractivity contribution in [1.29, 1.82) is 0 Å². The van der Waals surface area contributed by atoms with Gasteiger partial charge in [-0.05, 0) is 30.2 Å². The van der Waals surface area contributed by atoms with E-state index in [4.69, 9.17) is 17.3 Å². The minimum absolute atomic E-state index is 0.0205. The van der Waals surface area contributed by atoms with Crippen molar-refractivity contribution in [1.82, 2.24) is 9.88 Å². The summed E-state index contributed by atoms with van der Waals surface area (Å²) in [6.07, 6.45) is 0.849. The van der Waals surface area contributed by atoms with Crippen LogP contribution < -0.4 is 5.73 Å². The van der Waals surface area contributed by atoms with Gasteiger partial charge in [-0.1, -0.05) is 29.8 Å². The summed E-state index contributed by atoms with van der Waals surface area (Å²) >= 11 is 6.11. The van der Waals surface area contributed by atoms with Crippen molar-refractivity contribution in [2.24, 2.45) is 0 Å². The van der Waals surface area contributed by atoms with Crippen LogP contribution in [0, 0.1) is 0 Å². The van der Waals surface area contributed by atoms with E-state index in [1.807, 2.05) is 24.3 Å². The Labute approximate surface area is 122 Å². The predicted molar refractivity (Wildman–Crippen MR) is 78.5 cm³/mol. The van der Waals surface area contributed by atoms with Gasteiger partial charge >= 0.3 is 0 Å². The molecule has 4 nitrogen and oxygen atoms in total. The SMILES string of the molecule is Nc1ccc(Cl)c(CN2CCc3ccccc3C2=O)n1. The molecule has 20 heavy (non-hydrogen) atoms. The highest BCUT2D eigenvalue weighted by Crippen LogP contribution is 2.22. The minimum atomic E-state index is 0.0205. The molecule has 0 spiro atoms. The minimum Gasteiger partial charge on any atom is -0.384 e. The highest BCUT2D eigenvalue weighted by atomic mass is 35.5. The summed E-state index contributed by atoms with van der Waals surface area (Å²) in [5.41, 5.74) is 8.17. The molecule has 3 rings (SSSR count). The first-order valence-corrected chi connectivity index (χ1v) is 6.81. The van der Waals surface area contributed by atoms with Crippen LogP contribution in [0.5, 0.6) is 0 Å². The molecule has 0 saturated heterocycles. The molecule has 1 amide bonds. The molecule has 5 heteroatoms. The van der Waals surface area contributed by atoms with E-state index in [-0.39, 0.29) is 5.91 Å². The van der Waals surface area contributed by atoms with Gasteiger partial charge in [-0.15, -0.1) is 0 Å². The zero-order chi connectivity index (χ0) is 14.1. The van der Waals surface area contributed by atoms with E-state index in [0.717, 1.165) is 17.5 Å². The van der Waals surface area contributed by atoms with Gasteiger partial charge in [-0.2, -0.15) is 0 Å². The smallest absolute Gasteiger partial charge is 0.254 e. The summed E-state index contributed by atoms with van der Waals surface area (Å²) in [4.78, 5) is 18.4. The van der Waals surface area contributed by atoms with E-state index in [1.165, 1.54) is 0 Å². The molecule has 102 valence electrons. The number of aromatic nitrogens is 1. The van der Waals surface area contributed by atoms with E-state index in [9.17, 15) is 4.79 Å². The van der Waals surface area contributed by atoms with Gasteiger partial charge in [0.15, 0.2) is 0 Å². The lowest BCUT2D eigenvalue weighted by molar-refractivity contribution is 0.0725. The summed E-state index contributed by atoms with van der Waals surface area (Å²) in [5.74, 6) is 0.432. The molecule has 0 atom stereocenters. The van der Waals surface area contributed by atoms with Crippen molar-refractivity contribution >= 4 is 23.3 Å². The van der Waals surface area contributed by atoms with Crippen molar-refractivity contribution in [3.8, 4) is 0 Å². The molecule has 2 aromatic rings. The quantitative estimate of drug-likeness (QED) is 0.923. The van der Waals surface area contributed by atoms with Crippen LogP contribution in [-0.4, -0.2) is 22.3 Å². The molecule has 1 aromatic carbocycles. The van der Waals surface area contributed by atoms with Crippen LogP contribution in [-0.2, 0) is 13.0 Å². The molecule has 0 unspecified atom stereocenters. The summed E-state index contributed by atoms with van der Waals surface area (Å²) in [6, 6.07) is 11.1. The molecule has 0 saturated carbocycles.